The third kappa shape index (κ3) is 5.70. The number of primary amides is 1. The van der Waals surface area contributed by atoms with Crippen molar-refractivity contribution in [2.24, 2.45) is 11.5 Å². The van der Waals surface area contributed by atoms with E-state index in [4.69, 9.17) is 30.4 Å². The zero-order valence-electron chi connectivity index (χ0n) is 17.0. The number of nitrogens with two attached hydrogens (primary N) is 2. The highest BCUT2D eigenvalue weighted by atomic mass is 16.8. The van der Waals surface area contributed by atoms with Crippen LogP contribution in [0.2, 0.25) is 0 Å². The number of aliphatic hydroxyl groups excluding tert-OH is 7. The molecule has 186 valence electrons. The van der Waals surface area contributed by atoms with Crippen LogP contribution in [0.25, 0.3) is 0 Å². The van der Waals surface area contributed by atoms with Gasteiger partial charge in [-0.05, 0) is 6.42 Å². The highest BCUT2D eigenvalue weighted by Crippen LogP contribution is 2.36. The molecule has 0 saturated carbocycles. The first-order valence-corrected chi connectivity index (χ1v) is 9.81. The predicted molar refractivity (Wildman–Crippen MR) is 98.9 cm³/mol. The maximum Gasteiger partial charge on any atom is 0.323 e. The van der Waals surface area contributed by atoms with E-state index in [2.05, 4.69) is 0 Å². The number of rotatable bonds is 10. The van der Waals surface area contributed by atoms with Crippen LogP contribution in [-0.2, 0) is 28.5 Å². The van der Waals surface area contributed by atoms with E-state index in [0.29, 0.717) is 0 Å². The number of amides is 1. The molecule has 2 fully saturated rings. The van der Waals surface area contributed by atoms with Crippen LogP contribution < -0.4 is 11.5 Å². The highest BCUT2D eigenvalue weighted by molar-refractivity contribution is 5.78. The Kier molecular flexibility index (Phi) is 9.26. The largest absolute Gasteiger partial charge is 0.462 e. The molecular weight excluding hydrogens is 440 g/mol. The fraction of sp³-hybridized carbons (Fsp3) is 0.882. The molecule has 32 heavy (non-hydrogen) atoms. The molecular formula is C17H30N2O13. The Morgan fingerprint density at radius 3 is 2.19 bits per heavy atom. The number of carbonyl (C=O) groups excluding carboxylic acids is 2. The standard InChI is InChI=1S/C17H30N2O13/c18-6(1-2-9(19)22)15(28)29-4-8-10(23)12(25)13(26)16(30-8)32-17(5-21)14(27)11(24)7(3-20)31-17/h6-8,10-14,16,20-21,23-27H,1-5,18H2,(H2,19,22)/t6-,7+,8+,10+,11+,12-,13+,14-,16+,17-/m0/s1. The van der Waals surface area contributed by atoms with Gasteiger partial charge in [-0.15, -0.1) is 0 Å². The van der Waals surface area contributed by atoms with Crippen LogP contribution in [0.3, 0.4) is 0 Å². The molecule has 0 spiro atoms. The molecule has 2 heterocycles. The van der Waals surface area contributed by atoms with Gasteiger partial charge < -0.3 is 66.2 Å². The summed E-state index contributed by atoms with van der Waals surface area (Å²) < 4.78 is 20.8. The molecule has 0 bridgehead atoms. The fourth-order valence-corrected chi connectivity index (χ4v) is 3.31. The summed E-state index contributed by atoms with van der Waals surface area (Å²) in [6, 6.07) is -1.19. The summed E-state index contributed by atoms with van der Waals surface area (Å²) in [7, 11) is 0. The minimum Gasteiger partial charge on any atom is -0.462 e. The van der Waals surface area contributed by atoms with Gasteiger partial charge in [-0.25, -0.2) is 0 Å². The monoisotopic (exact) mass is 470 g/mol. The summed E-state index contributed by atoms with van der Waals surface area (Å²) in [5.74, 6) is -3.95. The number of carbonyl (C=O) groups is 2. The van der Waals surface area contributed by atoms with Crippen molar-refractivity contribution in [2.75, 3.05) is 19.8 Å². The van der Waals surface area contributed by atoms with Gasteiger partial charge in [-0.3, -0.25) is 9.59 Å². The van der Waals surface area contributed by atoms with E-state index in [9.17, 15) is 45.3 Å². The molecule has 0 radical (unpaired) electrons. The third-order valence-electron chi connectivity index (χ3n) is 5.28. The van der Waals surface area contributed by atoms with Crippen LogP contribution in [-0.4, -0.2) is 128 Å². The number of hydrogen-bond acceptors (Lipinski definition) is 14. The number of ether oxygens (including phenoxy) is 4. The van der Waals surface area contributed by atoms with E-state index in [1.54, 1.807) is 0 Å². The summed E-state index contributed by atoms with van der Waals surface area (Å²) in [6.45, 7) is -2.42. The molecule has 0 aromatic carbocycles. The van der Waals surface area contributed by atoms with Crippen molar-refractivity contribution in [3.63, 3.8) is 0 Å². The minimum atomic E-state index is -2.33. The predicted octanol–water partition coefficient (Wildman–Crippen LogP) is -6.25. The molecule has 10 atom stereocenters. The van der Waals surface area contributed by atoms with Gasteiger partial charge in [0.15, 0.2) is 6.29 Å². The third-order valence-corrected chi connectivity index (χ3v) is 5.28. The summed E-state index contributed by atoms with van der Waals surface area (Å²) in [4.78, 5) is 22.7. The summed E-state index contributed by atoms with van der Waals surface area (Å²) in [6.07, 6.45) is -13.9. The molecule has 0 unspecified atom stereocenters. The van der Waals surface area contributed by atoms with E-state index < -0.39 is 92.5 Å². The van der Waals surface area contributed by atoms with Crippen molar-refractivity contribution in [3.05, 3.63) is 0 Å². The van der Waals surface area contributed by atoms with Gasteiger partial charge in [-0.1, -0.05) is 0 Å². The molecule has 1 amide bonds. The van der Waals surface area contributed by atoms with Crippen LogP contribution in [0.5, 0.6) is 0 Å². The lowest BCUT2D eigenvalue weighted by Gasteiger charge is -2.43. The van der Waals surface area contributed by atoms with Crippen molar-refractivity contribution in [3.8, 4) is 0 Å². The topological polar surface area (TPSA) is 265 Å². The van der Waals surface area contributed by atoms with Crippen LogP contribution in [0, 0.1) is 0 Å². The van der Waals surface area contributed by atoms with E-state index in [1.165, 1.54) is 0 Å². The van der Waals surface area contributed by atoms with E-state index in [0.717, 1.165) is 0 Å². The van der Waals surface area contributed by atoms with Gasteiger partial charge >= 0.3 is 5.97 Å². The Balaban J connectivity index is 2.05. The zero-order chi connectivity index (χ0) is 24.2. The van der Waals surface area contributed by atoms with Crippen LogP contribution in [0.1, 0.15) is 12.8 Å². The Bertz CT molecular complexity index is 654. The molecule has 0 aromatic rings. The van der Waals surface area contributed by atoms with Gasteiger partial charge in [0.1, 0.15) is 62.0 Å². The van der Waals surface area contributed by atoms with Crippen molar-refractivity contribution in [2.45, 2.75) is 73.7 Å². The summed E-state index contributed by atoms with van der Waals surface area (Å²) in [5.41, 5.74) is 10.6. The molecule has 2 aliphatic heterocycles. The molecule has 15 nitrogen and oxygen atoms in total. The minimum absolute atomic E-state index is 0.0854. The Hall–Kier alpha value is -1.50. The second-order valence-electron chi connectivity index (χ2n) is 7.62. The lowest BCUT2D eigenvalue weighted by molar-refractivity contribution is -0.383. The van der Waals surface area contributed by atoms with Gasteiger partial charge in [-0.2, -0.15) is 0 Å². The zero-order valence-corrected chi connectivity index (χ0v) is 17.0. The van der Waals surface area contributed by atoms with Gasteiger partial charge in [0, 0.05) is 6.42 Å². The molecule has 0 aliphatic carbocycles. The lowest BCUT2D eigenvalue weighted by Crippen LogP contribution is -2.63. The number of aliphatic hydroxyl groups is 7. The first-order chi connectivity index (χ1) is 15.0. The Labute approximate surface area is 182 Å². The molecule has 11 N–H and O–H groups in total. The SMILES string of the molecule is NC(=O)CC[C@H](N)C(=O)OC[C@H]1O[C@H](O[C@]2(CO)O[C@H](CO)[C@@H](O)[C@@H]2O)[C@H](O)[C@@H](O)[C@@H]1O. The van der Waals surface area contributed by atoms with Crippen molar-refractivity contribution in [1.29, 1.82) is 0 Å². The van der Waals surface area contributed by atoms with Gasteiger partial charge in [0.05, 0.1) is 6.61 Å². The first kappa shape index (κ1) is 26.7. The smallest absolute Gasteiger partial charge is 0.323 e. The van der Waals surface area contributed by atoms with Gasteiger partial charge in [0.2, 0.25) is 11.7 Å². The average molecular weight is 470 g/mol. The normalized spacial score (nSPS) is 40.8. The Morgan fingerprint density at radius 1 is 1.00 bits per heavy atom. The lowest BCUT2D eigenvalue weighted by atomic mass is 9.99. The van der Waals surface area contributed by atoms with E-state index in [-0.39, 0.29) is 12.8 Å². The molecule has 2 rings (SSSR count). The highest BCUT2D eigenvalue weighted by Gasteiger charge is 2.58. The number of hydrogen-bond donors (Lipinski definition) is 9. The van der Waals surface area contributed by atoms with Crippen molar-refractivity contribution in [1.82, 2.24) is 0 Å². The number of esters is 1. The second kappa shape index (κ2) is 11.1. The molecule has 2 aliphatic rings. The van der Waals surface area contributed by atoms with E-state index in [1.807, 2.05) is 0 Å². The van der Waals surface area contributed by atoms with Crippen molar-refractivity contribution < 1.29 is 64.3 Å². The average Bonchev–Trinajstić information content (AvgIpc) is 3.01. The maximum atomic E-state index is 11.9. The van der Waals surface area contributed by atoms with Crippen molar-refractivity contribution >= 4 is 11.9 Å². The molecule has 2 saturated heterocycles. The summed E-state index contributed by atoms with van der Waals surface area (Å²) in [5, 5.41) is 69.5. The molecule has 15 heteroatoms. The van der Waals surface area contributed by atoms with E-state index >= 15 is 0 Å². The second-order valence-corrected chi connectivity index (χ2v) is 7.62. The van der Waals surface area contributed by atoms with Gasteiger partial charge in [0.25, 0.3) is 0 Å². The van der Waals surface area contributed by atoms with Crippen LogP contribution in [0.4, 0.5) is 0 Å². The quantitative estimate of drug-likeness (QED) is 0.134. The fourth-order valence-electron chi connectivity index (χ4n) is 3.31. The summed E-state index contributed by atoms with van der Waals surface area (Å²) >= 11 is 0. The Morgan fingerprint density at radius 2 is 1.66 bits per heavy atom. The molecule has 0 aromatic heterocycles. The van der Waals surface area contributed by atoms with Crippen LogP contribution in [0.15, 0.2) is 0 Å². The maximum absolute atomic E-state index is 11.9. The first-order valence-electron chi connectivity index (χ1n) is 9.81. The van der Waals surface area contributed by atoms with Crippen LogP contribution >= 0.6 is 0 Å².